The van der Waals surface area contributed by atoms with Gasteiger partial charge in [-0.15, -0.1) is 22.0 Å². The van der Waals surface area contributed by atoms with Gasteiger partial charge in [0, 0.05) is 17.1 Å². The lowest BCUT2D eigenvalue weighted by Gasteiger charge is -2.37. The third kappa shape index (κ3) is 4.83. The summed E-state index contributed by atoms with van der Waals surface area (Å²) in [5.74, 6) is 0.547. The number of aromatic nitrogens is 3. The molecule has 0 radical (unpaired) electrons. The lowest BCUT2D eigenvalue weighted by atomic mass is 10.1. The number of thioether (sulfide) groups is 2. The molecule has 166 valence electrons. The molecule has 1 aromatic heterocycles. The summed E-state index contributed by atoms with van der Waals surface area (Å²) >= 11 is 2.99. The number of para-hydroxylation sites is 1. The summed E-state index contributed by atoms with van der Waals surface area (Å²) in [5, 5.41) is 18.1. The van der Waals surface area contributed by atoms with Gasteiger partial charge in [0.05, 0.1) is 17.5 Å². The molecule has 1 aliphatic heterocycles. The Labute approximate surface area is 195 Å². The number of aryl methyl sites for hydroxylation is 1. The average molecular weight is 469 g/mol. The molecule has 0 unspecified atom stereocenters. The quantitative estimate of drug-likeness (QED) is 0.494. The summed E-state index contributed by atoms with van der Waals surface area (Å²) in [5.41, 5.74) is 1.99. The second-order valence-electron chi connectivity index (χ2n) is 7.39. The molecule has 1 N–H and O–H groups in total. The van der Waals surface area contributed by atoms with Crippen LogP contribution in [0.5, 0.6) is 0 Å². The monoisotopic (exact) mass is 468 g/mol. The molecule has 1 atom stereocenters. The smallest absolute Gasteiger partial charge is 0.323 e. The van der Waals surface area contributed by atoms with Crippen molar-refractivity contribution in [2.45, 2.75) is 42.4 Å². The van der Waals surface area contributed by atoms with Crippen molar-refractivity contribution in [3.05, 3.63) is 66.0 Å². The fourth-order valence-corrected chi connectivity index (χ4v) is 5.73. The molecular formula is C23H24N4O3S2. The lowest BCUT2D eigenvalue weighted by molar-refractivity contribution is -0.137. The number of carboxylic acids is 1. The summed E-state index contributed by atoms with van der Waals surface area (Å²) in [6, 6.07) is 17.9. The normalized spacial score (nSPS) is 15.4. The zero-order valence-corrected chi connectivity index (χ0v) is 19.3. The summed E-state index contributed by atoms with van der Waals surface area (Å²) < 4.78 is 1.60. The van der Waals surface area contributed by atoms with Crippen molar-refractivity contribution in [3.8, 4) is 0 Å². The SMILES string of the molecule is CCCc1nnc(SCC(=O)N2c3ccccc3SC[C@@H]2c2ccccc2)n1CC(=O)O. The Kier molecular flexibility index (Phi) is 7.16. The maximum atomic E-state index is 13.5. The van der Waals surface area contributed by atoms with Gasteiger partial charge in [-0.1, -0.05) is 61.2 Å². The van der Waals surface area contributed by atoms with Gasteiger partial charge in [0.1, 0.15) is 12.4 Å². The molecule has 2 heterocycles. The largest absolute Gasteiger partial charge is 0.480 e. The minimum atomic E-state index is -0.957. The number of aliphatic carboxylic acids is 1. The van der Waals surface area contributed by atoms with E-state index >= 15 is 0 Å². The van der Waals surface area contributed by atoms with Crippen LogP contribution in [-0.4, -0.2) is 43.3 Å². The molecule has 0 saturated carbocycles. The predicted molar refractivity (Wildman–Crippen MR) is 126 cm³/mol. The second kappa shape index (κ2) is 10.2. The van der Waals surface area contributed by atoms with Gasteiger partial charge in [-0.05, 0) is 24.1 Å². The van der Waals surface area contributed by atoms with Crippen LogP contribution in [0.4, 0.5) is 5.69 Å². The molecule has 0 aliphatic carbocycles. The number of anilines is 1. The first-order chi connectivity index (χ1) is 15.6. The van der Waals surface area contributed by atoms with E-state index in [1.165, 1.54) is 11.8 Å². The number of fused-ring (bicyclic) bond motifs is 1. The van der Waals surface area contributed by atoms with Gasteiger partial charge in [-0.2, -0.15) is 0 Å². The molecule has 3 aromatic rings. The summed E-state index contributed by atoms with van der Waals surface area (Å²) in [6.07, 6.45) is 1.48. The van der Waals surface area contributed by atoms with Gasteiger partial charge in [0.25, 0.3) is 0 Å². The van der Waals surface area contributed by atoms with E-state index in [0.717, 1.165) is 28.3 Å². The molecule has 0 saturated heterocycles. The van der Waals surface area contributed by atoms with Gasteiger partial charge < -0.3 is 10.0 Å². The van der Waals surface area contributed by atoms with E-state index < -0.39 is 5.97 Å². The molecule has 1 aliphatic rings. The Bertz CT molecular complexity index is 1100. The van der Waals surface area contributed by atoms with E-state index in [4.69, 9.17) is 0 Å². The molecule has 0 spiro atoms. The van der Waals surface area contributed by atoms with Crippen LogP contribution in [0, 0.1) is 0 Å². The van der Waals surface area contributed by atoms with Crippen molar-refractivity contribution < 1.29 is 14.7 Å². The van der Waals surface area contributed by atoms with E-state index in [9.17, 15) is 14.7 Å². The number of hydrogen-bond donors (Lipinski definition) is 1. The number of carbonyl (C=O) groups is 2. The van der Waals surface area contributed by atoms with Crippen LogP contribution in [0.3, 0.4) is 0 Å². The maximum Gasteiger partial charge on any atom is 0.323 e. The van der Waals surface area contributed by atoms with Crippen molar-refractivity contribution in [2.24, 2.45) is 0 Å². The highest BCUT2D eigenvalue weighted by Gasteiger charge is 2.32. The molecule has 32 heavy (non-hydrogen) atoms. The van der Waals surface area contributed by atoms with E-state index in [2.05, 4.69) is 10.2 Å². The highest BCUT2D eigenvalue weighted by molar-refractivity contribution is 8.00. The Morgan fingerprint density at radius 2 is 1.88 bits per heavy atom. The van der Waals surface area contributed by atoms with E-state index in [1.54, 1.807) is 16.3 Å². The van der Waals surface area contributed by atoms with Crippen molar-refractivity contribution in [1.82, 2.24) is 14.8 Å². The Morgan fingerprint density at radius 1 is 1.12 bits per heavy atom. The minimum absolute atomic E-state index is 0.0430. The van der Waals surface area contributed by atoms with Crippen molar-refractivity contribution in [3.63, 3.8) is 0 Å². The summed E-state index contributed by atoms with van der Waals surface area (Å²) in [4.78, 5) is 27.8. The van der Waals surface area contributed by atoms with Gasteiger partial charge in [-0.3, -0.25) is 14.2 Å². The van der Waals surface area contributed by atoms with Crippen molar-refractivity contribution in [2.75, 3.05) is 16.4 Å². The highest BCUT2D eigenvalue weighted by Crippen LogP contribution is 2.43. The molecule has 0 bridgehead atoms. The minimum Gasteiger partial charge on any atom is -0.480 e. The first kappa shape index (κ1) is 22.4. The first-order valence-electron chi connectivity index (χ1n) is 10.4. The van der Waals surface area contributed by atoms with Crippen LogP contribution in [0.15, 0.2) is 64.6 Å². The third-order valence-electron chi connectivity index (χ3n) is 5.17. The van der Waals surface area contributed by atoms with Crippen LogP contribution in [-0.2, 0) is 22.6 Å². The highest BCUT2D eigenvalue weighted by atomic mass is 32.2. The Balaban J connectivity index is 1.59. The van der Waals surface area contributed by atoms with Crippen molar-refractivity contribution >= 4 is 41.1 Å². The Morgan fingerprint density at radius 3 is 2.62 bits per heavy atom. The fourth-order valence-electron chi connectivity index (χ4n) is 3.74. The molecule has 0 fully saturated rings. The summed E-state index contributed by atoms with van der Waals surface area (Å²) in [6.45, 7) is 1.79. The molecule has 2 aromatic carbocycles. The van der Waals surface area contributed by atoms with Crippen LogP contribution < -0.4 is 4.90 Å². The van der Waals surface area contributed by atoms with Crippen LogP contribution in [0.1, 0.15) is 30.8 Å². The van der Waals surface area contributed by atoms with Gasteiger partial charge in [0.15, 0.2) is 5.16 Å². The Hall–Kier alpha value is -2.78. The number of carbonyl (C=O) groups excluding carboxylic acids is 1. The average Bonchev–Trinajstić information content (AvgIpc) is 3.18. The number of carboxylic acid groups (broad SMARTS) is 1. The molecule has 9 heteroatoms. The van der Waals surface area contributed by atoms with Crippen molar-refractivity contribution in [1.29, 1.82) is 0 Å². The van der Waals surface area contributed by atoms with E-state index in [1.807, 2.05) is 66.4 Å². The van der Waals surface area contributed by atoms with Gasteiger partial charge in [0.2, 0.25) is 5.91 Å². The first-order valence-corrected chi connectivity index (χ1v) is 12.4. The number of amides is 1. The predicted octanol–water partition coefficient (Wildman–Crippen LogP) is 4.29. The topological polar surface area (TPSA) is 88.3 Å². The van der Waals surface area contributed by atoms with Crippen LogP contribution in [0.25, 0.3) is 0 Å². The maximum absolute atomic E-state index is 13.5. The van der Waals surface area contributed by atoms with E-state index in [-0.39, 0.29) is 24.2 Å². The zero-order valence-electron chi connectivity index (χ0n) is 17.7. The number of benzene rings is 2. The molecular weight excluding hydrogens is 444 g/mol. The lowest BCUT2D eigenvalue weighted by Crippen LogP contribution is -2.39. The number of nitrogens with zero attached hydrogens (tertiary/aromatic N) is 4. The van der Waals surface area contributed by atoms with E-state index in [0.29, 0.717) is 17.4 Å². The van der Waals surface area contributed by atoms with Crippen LogP contribution >= 0.6 is 23.5 Å². The number of hydrogen-bond acceptors (Lipinski definition) is 6. The number of rotatable bonds is 8. The van der Waals surface area contributed by atoms with Gasteiger partial charge >= 0.3 is 5.97 Å². The van der Waals surface area contributed by atoms with Crippen LogP contribution in [0.2, 0.25) is 0 Å². The zero-order chi connectivity index (χ0) is 22.5. The third-order valence-corrected chi connectivity index (χ3v) is 7.26. The fraction of sp³-hybridized carbons (Fsp3) is 0.304. The standard InChI is InChI=1S/C23H24N4O3S2/c1-2-8-20-24-25-23(26(20)13-22(29)30)32-15-21(28)27-17-11-6-7-12-19(17)31-14-18(27)16-9-4-3-5-10-16/h3-7,9-12,18H,2,8,13-15H2,1H3,(H,29,30)/t18-/m1/s1. The van der Waals surface area contributed by atoms with Gasteiger partial charge in [-0.25, -0.2) is 0 Å². The molecule has 7 nitrogen and oxygen atoms in total. The second-order valence-corrected chi connectivity index (χ2v) is 9.39. The molecule has 1 amide bonds. The molecule has 4 rings (SSSR count). The summed E-state index contributed by atoms with van der Waals surface area (Å²) in [7, 11) is 0.